The molecule has 11 nitrogen and oxygen atoms in total. The summed E-state index contributed by atoms with van der Waals surface area (Å²) in [6.45, 7) is 0.353. The van der Waals surface area contributed by atoms with Crippen molar-refractivity contribution in [2.45, 2.75) is 37.2 Å². The first-order valence-corrected chi connectivity index (χ1v) is 12.7. The normalized spacial score (nSPS) is 12.5. The molecule has 0 fully saturated rings. The van der Waals surface area contributed by atoms with Crippen LogP contribution in [0, 0.1) is 0 Å². The number of rotatable bonds is 12. The summed E-state index contributed by atoms with van der Waals surface area (Å²) in [7, 11) is 0. The van der Waals surface area contributed by atoms with E-state index in [2.05, 4.69) is 15.6 Å². The number of carbonyl (C=O) groups is 3. The number of nitrogens with one attached hydrogen (secondary N) is 2. The van der Waals surface area contributed by atoms with Crippen molar-refractivity contribution in [3.05, 3.63) is 71.9 Å². The minimum absolute atomic E-state index is 0. The van der Waals surface area contributed by atoms with Crippen molar-refractivity contribution < 1.29 is 82.3 Å². The van der Waals surface area contributed by atoms with Crippen LogP contribution >= 0.6 is 0 Å². The van der Waals surface area contributed by atoms with Gasteiger partial charge in [-0.3, -0.25) is 19.4 Å². The second-order valence-corrected chi connectivity index (χ2v) is 9.23. The van der Waals surface area contributed by atoms with Gasteiger partial charge >= 0.3 is 6.18 Å². The van der Waals surface area contributed by atoms with Crippen LogP contribution in [0.4, 0.5) is 18.9 Å². The number of benzene rings is 2. The zero-order valence-corrected chi connectivity index (χ0v) is 26.5. The van der Waals surface area contributed by atoms with Crippen molar-refractivity contribution in [3.8, 4) is 0 Å². The number of pyridine rings is 1. The van der Waals surface area contributed by atoms with Gasteiger partial charge in [0.25, 0.3) is 0 Å². The SMILES string of the molecule is NCCN(CN)C(=O)CC[C@H](N)C(=O)N[C@H](C(=O)Nc1cnc2ccccc2c1)[C@H](O)c1ccc(C(F)(F)F)cc1.[Cl-].[Cl-].[Cl-].[Cl-]. The maximum Gasteiger partial charge on any atom is 0.416 e. The Kier molecular flexibility index (Phi) is 19.9. The number of nitrogens with zero attached hydrogens (tertiary/aromatic N) is 2. The standard InChI is InChI=1S/C27H32F3N7O4.4ClH/c28-27(29,30)18-7-5-16(6-8-18)24(39)23(26(41)35-19-13-17-3-1-2-4-21(17)34-14-19)36-25(40)20(33)9-10-22(38)37(15-32)12-11-31;;;;/h1-8,13-14,20,23-24,39H,9-12,15,31-33H2,(H,35,41)(H,36,40);4*1H/p-4/t20-,23-,24+;;;;/m0..../s1. The third-order valence-corrected chi connectivity index (χ3v) is 6.31. The second kappa shape index (κ2) is 20.2. The molecule has 1 aromatic heterocycles. The van der Waals surface area contributed by atoms with Gasteiger partial charge in [0.2, 0.25) is 17.7 Å². The summed E-state index contributed by atoms with van der Waals surface area (Å²) in [4.78, 5) is 44.1. The van der Waals surface area contributed by atoms with Gasteiger partial charge in [0, 0.05) is 24.9 Å². The fourth-order valence-electron chi connectivity index (χ4n) is 4.01. The maximum atomic E-state index is 13.3. The van der Waals surface area contributed by atoms with Crippen LogP contribution < -0.4 is 77.5 Å². The van der Waals surface area contributed by atoms with Crippen molar-refractivity contribution in [2.75, 3.05) is 25.1 Å². The lowest BCUT2D eigenvalue weighted by molar-refractivity contribution is -0.137. The zero-order valence-electron chi connectivity index (χ0n) is 23.5. The molecular formula is C27H32Cl4F3N7O4-4. The molecule has 3 aromatic rings. The van der Waals surface area contributed by atoms with Crippen molar-refractivity contribution in [2.24, 2.45) is 17.2 Å². The van der Waals surface area contributed by atoms with E-state index in [1.807, 2.05) is 0 Å². The molecule has 18 heteroatoms. The summed E-state index contributed by atoms with van der Waals surface area (Å²) in [5.41, 5.74) is 16.9. The number of alkyl halides is 3. The molecule has 0 aliphatic rings. The predicted molar refractivity (Wildman–Crippen MR) is 146 cm³/mol. The molecule has 0 unspecified atom stereocenters. The number of carbonyl (C=O) groups excluding carboxylic acids is 3. The highest BCUT2D eigenvalue weighted by molar-refractivity contribution is 5.99. The Morgan fingerprint density at radius 3 is 2.16 bits per heavy atom. The molecule has 45 heavy (non-hydrogen) atoms. The van der Waals surface area contributed by atoms with Crippen LogP contribution in [0.1, 0.15) is 30.1 Å². The fraction of sp³-hybridized carbons (Fsp3) is 0.333. The first-order valence-electron chi connectivity index (χ1n) is 12.7. The maximum absolute atomic E-state index is 13.3. The molecule has 9 N–H and O–H groups in total. The number of aliphatic hydroxyl groups excluding tert-OH is 1. The van der Waals surface area contributed by atoms with E-state index >= 15 is 0 Å². The van der Waals surface area contributed by atoms with Gasteiger partial charge in [-0.25, -0.2) is 0 Å². The van der Waals surface area contributed by atoms with Crippen molar-refractivity contribution in [1.29, 1.82) is 0 Å². The third kappa shape index (κ3) is 12.4. The monoisotopic (exact) mass is 715 g/mol. The van der Waals surface area contributed by atoms with E-state index in [4.69, 9.17) is 17.2 Å². The molecule has 0 spiro atoms. The molecule has 3 atom stereocenters. The molecule has 0 saturated carbocycles. The molecule has 0 bridgehead atoms. The number of aromatic nitrogens is 1. The van der Waals surface area contributed by atoms with Crippen molar-refractivity contribution in [1.82, 2.24) is 15.2 Å². The Hall–Kier alpha value is -2.95. The van der Waals surface area contributed by atoms with Gasteiger partial charge in [0.05, 0.1) is 35.7 Å². The highest BCUT2D eigenvalue weighted by atomic mass is 35.5. The minimum Gasteiger partial charge on any atom is -1.00 e. The fourth-order valence-corrected chi connectivity index (χ4v) is 4.01. The van der Waals surface area contributed by atoms with Crippen LogP contribution in [-0.2, 0) is 20.6 Å². The summed E-state index contributed by atoms with van der Waals surface area (Å²) in [6, 6.07) is 9.36. The van der Waals surface area contributed by atoms with E-state index in [0.29, 0.717) is 10.9 Å². The van der Waals surface area contributed by atoms with Crippen LogP contribution in [-0.4, -0.2) is 64.6 Å². The Bertz CT molecular complexity index is 1370. The lowest BCUT2D eigenvalue weighted by atomic mass is 9.99. The lowest BCUT2D eigenvalue weighted by Gasteiger charge is -2.26. The molecule has 1 heterocycles. The summed E-state index contributed by atoms with van der Waals surface area (Å²) in [5.74, 6) is -2.11. The van der Waals surface area contributed by atoms with Gasteiger partial charge in [0.15, 0.2) is 0 Å². The zero-order chi connectivity index (χ0) is 30.2. The van der Waals surface area contributed by atoms with Crippen LogP contribution in [0.15, 0.2) is 60.8 Å². The van der Waals surface area contributed by atoms with Crippen LogP contribution in [0.3, 0.4) is 0 Å². The molecule has 0 saturated heterocycles. The molecule has 252 valence electrons. The van der Waals surface area contributed by atoms with E-state index in [1.54, 1.807) is 30.3 Å². The molecule has 0 radical (unpaired) electrons. The Morgan fingerprint density at radius 2 is 1.58 bits per heavy atom. The first-order chi connectivity index (χ1) is 19.4. The van der Waals surface area contributed by atoms with E-state index in [0.717, 1.165) is 24.3 Å². The number of hydrogen-bond acceptors (Lipinski definition) is 8. The number of halogens is 7. The van der Waals surface area contributed by atoms with E-state index in [1.165, 1.54) is 11.1 Å². The summed E-state index contributed by atoms with van der Waals surface area (Å²) >= 11 is 0. The quantitative estimate of drug-likeness (QED) is 0.0997. The van der Waals surface area contributed by atoms with Crippen molar-refractivity contribution in [3.63, 3.8) is 0 Å². The van der Waals surface area contributed by atoms with Gasteiger partial charge in [-0.1, -0.05) is 30.3 Å². The smallest absolute Gasteiger partial charge is 0.416 e. The highest BCUT2D eigenvalue weighted by Crippen LogP contribution is 2.30. The topological polar surface area (TPSA) is 190 Å². The highest BCUT2D eigenvalue weighted by Gasteiger charge is 2.34. The number of para-hydroxylation sites is 1. The molecule has 0 aliphatic heterocycles. The average Bonchev–Trinajstić information content (AvgIpc) is 2.96. The van der Waals surface area contributed by atoms with Gasteiger partial charge in [-0.15, -0.1) is 0 Å². The molecule has 3 amide bonds. The van der Waals surface area contributed by atoms with Crippen LogP contribution in [0.5, 0.6) is 0 Å². The van der Waals surface area contributed by atoms with Gasteiger partial charge in [-0.05, 0) is 36.2 Å². The largest absolute Gasteiger partial charge is 1.00 e. The summed E-state index contributed by atoms with van der Waals surface area (Å²) in [5, 5.41) is 16.7. The van der Waals surface area contributed by atoms with Crippen LogP contribution in [0.2, 0.25) is 0 Å². The number of amides is 3. The van der Waals surface area contributed by atoms with E-state index < -0.39 is 41.7 Å². The lowest BCUT2D eigenvalue weighted by Crippen LogP contribution is -3.00. The second-order valence-electron chi connectivity index (χ2n) is 9.23. The van der Waals surface area contributed by atoms with E-state index in [9.17, 15) is 32.7 Å². The summed E-state index contributed by atoms with van der Waals surface area (Å²) < 4.78 is 39.1. The molecular weight excluding hydrogens is 685 g/mol. The predicted octanol–water partition coefficient (Wildman–Crippen LogP) is -10.8. The Labute approximate surface area is 282 Å². The van der Waals surface area contributed by atoms with Crippen LogP contribution in [0.25, 0.3) is 10.9 Å². The van der Waals surface area contributed by atoms with Gasteiger partial charge in [0.1, 0.15) is 12.1 Å². The first kappa shape index (κ1) is 44.2. The number of aliphatic hydroxyl groups is 1. The molecule has 3 rings (SSSR count). The summed E-state index contributed by atoms with van der Waals surface area (Å²) in [6.07, 6.45) is -5.21. The molecule has 0 aliphatic carbocycles. The number of hydrogen-bond donors (Lipinski definition) is 6. The minimum atomic E-state index is -4.61. The van der Waals surface area contributed by atoms with E-state index in [-0.39, 0.29) is 99.4 Å². The Morgan fingerprint density at radius 1 is 0.956 bits per heavy atom. The third-order valence-electron chi connectivity index (χ3n) is 6.31. The van der Waals surface area contributed by atoms with Gasteiger partial charge in [-0.2, -0.15) is 13.2 Å². The molecule has 2 aromatic carbocycles. The van der Waals surface area contributed by atoms with Gasteiger partial charge < -0.3 is 87.5 Å². The Balaban J connectivity index is 0. The van der Waals surface area contributed by atoms with Crippen molar-refractivity contribution >= 4 is 34.3 Å². The number of fused-ring (bicyclic) bond motifs is 1. The number of nitrogens with two attached hydrogens (primary N) is 3. The number of anilines is 1. The average molecular weight is 717 g/mol.